The number of nitrogens with two attached hydrogens (primary N) is 1. The fourth-order valence-electron chi connectivity index (χ4n) is 1.71. The van der Waals surface area contributed by atoms with Crippen LogP contribution in [0.25, 0.3) is 0 Å². The van der Waals surface area contributed by atoms with Gasteiger partial charge >= 0.3 is 0 Å². The van der Waals surface area contributed by atoms with Gasteiger partial charge in [-0.1, -0.05) is 45.0 Å². The summed E-state index contributed by atoms with van der Waals surface area (Å²) in [5.74, 6) is 0.530. The third-order valence-corrected chi connectivity index (χ3v) is 3.83. The SMILES string of the molecule is CCc1ccc(CNC(C)(CN)C(C)C)cc1. The van der Waals surface area contributed by atoms with E-state index in [1.54, 1.807) is 0 Å². The molecule has 2 nitrogen and oxygen atoms in total. The molecule has 0 heterocycles. The lowest BCUT2D eigenvalue weighted by Crippen LogP contribution is -2.52. The Bertz CT molecular complexity index is 329. The smallest absolute Gasteiger partial charge is 0.0301 e. The second-order valence-corrected chi connectivity index (χ2v) is 5.30. The molecule has 1 unspecified atom stereocenters. The average Bonchev–Trinajstić information content (AvgIpc) is 2.36. The van der Waals surface area contributed by atoms with Crippen LogP contribution in [-0.2, 0) is 13.0 Å². The molecule has 0 spiro atoms. The van der Waals surface area contributed by atoms with E-state index in [9.17, 15) is 0 Å². The van der Waals surface area contributed by atoms with E-state index in [1.165, 1.54) is 11.1 Å². The third kappa shape index (κ3) is 3.83. The molecule has 0 saturated carbocycles. The van der Waals surface area contributed by atoms with Gasteiger partial charge in [-0.2, -0.15) is 0 Å². The van der Waals surface area contributed by atoms with Crippen molar-refractivity contribution in [2.75, 3.05) is 6.54 Å². The van der Waals surface area contributed by atoms with Crippen LogP contribution in [0.2, 0.25) is 0 Å². The van der Waals surface area contributed by atoms with E-state index in [0.29, 0.717) is 12.5 Å². The van der Waals surface area contributed by atoms with Gasteiger partial charge in [-0.05, 0) is 30.4 Å². The Labute approximate surface area is 106 Å². The van der Waals surface area contributed by atoms with Gasteiger partial charge in [0, 0.05) is 18.6 Å². The molecule has 3 N–H and O–H groups in total. The predicted octanol–water partition coefficient (Wildman–Crippen LogP) is 2.71. The molecule has 1 rings (SSSR count). The van der Waals surface area contributed by atoms with Gasteiger partial charge in [-0.15, -0.1) is 0 Å². The lowest BCUT2D eigenvalue weighted by atomic mass is 9.88. The first-order valence-electron chi connectivity index (χ1n) is 6.54. The Hall–Kier alpha value is -0.860. The Balaban J connectivity index is 2.59. The van der Waals surface area contributed by atoms with Crippen LogP contribution in [0.1, 0.15) is 38.8 Å². The van der Waals surface area contributed by atoms with Gasteiger partial charge in [0.15, 0.2) is 0 Å². The second-order valence-electron chi connectivity index (χ2n) is 5.30. The standard InChI is InChI=1S/C15H26N2/c1-5-13-6-8-14(9-7-13)10-17-15(4,11-16)12(2)3/h6-9,12,17H,5,10-11,16H2,1-4H3. The summed E-state index contributed by atoms with van der Waals surface area (Å²) in [5, 5.41) is 3.57. The van der Waals surface area contributed by atoms with Crippen molar-refractivity contribution in [2.45, 2.75) is 46.2 Å². The maximum absolute atomic E-state index is 5.86. The summed E-state index contributed by atoms with van der Waals surface area (Å²) in [6.07, 6.45) is 1.10. The van der Waals surface area contributed by atoms with Crippen LogP contribution in [0, 0.1) is 5.92 Å². The van der Waals surface area contributed by atoms with Crippen molar-refractivity contribution < 1.29 is 0 Å². The van der Waals surface area contributed by atoms with Crippen LogP contribution >= 0.6 is 0 Å². The summed E-state index contributed by atoms with van der Waals surface area (Å²) < 4.78 is 0. The molecule has 1 atom stereocenters. The molecule has 1 aromatic rings. The Morgan fingerprint density at radius 1 is 1.18 bits per heavy atom. The largest absolute Gasteiger partial charge is 0.329 e. The highest BCUT2D eigenvalue weighted by Gasteiger charge is 2.25. The van der Waals surface area contributed by atoms with E-state index in [1.807, 2.05) is 0 Å². The summed E-state index contributed by atoms with van der Waals surface area (Å²) >= 11 is 0. The molecule has 0 amide bonds. The van der Waals surface area contributed by atoms with E-state index in [2.05, 4.69) is 57.3 Å². The molecule has 0 aliphatic carbocycles. The van der Waals surface area contributed by atoms with Crippen molar-refractivity contribution >= 4 is 0 Å². The van der Waals surface area contributed by atoms with Crippen LogP contribution in [0.15, 0.2) is 24.3 Å². The highest BCUT2D eigenvalue weighted by atomic mass is 15.0. The zero-order valence-corrected chi connectivity index (χ0v) is 11.6. The predicted molar refractivity (Wildman–Crippen MR) is 75.0 cm³/mol. The van der Waals surface area contributed by atoms with Crippen molar-refractivity contribution in [2.24, 2.45) is 11.7 Å². The Kier molecular flexibility index (Phi) is 5.16. The molecule has 1 aromatic carbocycles. The average molecular weight is 234 g/mol. The molecular weight excluding hydrogens is 208 g/mol. The molecule has 0 radical (unpaired) electrons. The van der Waals surface area contributed by atoms with Crippen molar-refractivity contribution in [1.29, 1.82) is 0 Å². The van der Waals surface area contributed by atoms with Crippen molar-refractivity contribution in [3.05, 3.63) is 35.4 Å². The summed E-state index contributed by atoms with van der Waals surface area (Å²) in [6.45, 7) is 10.3. The molecule has 2 heteroatoms. The highest BCUT2D eigenvalue weighted by molar-refractivity contribution is 5.22. The summed E-state index contributed by atoms with van der Waals surface area (Å²) in [7, 11) is 0. The zero-order chi connectivity index (χ0) is 12.9. The van der Waals surface area contributed by atoms with Crippen LogP contribution in [-0.4, -0.2) is 12.1 Å². The quantitative estimate of drug-likeness (QED) is 0.794. The maximum Gasteiger partial charge on any atom is 0.0301 e. The lowest BCUT2D eigenvalue weighted by Gasteiger charge is -2.34. The molecule has 0 aliphatic heterocycles. The highest BCUT2D eigenvalue weighted by Crippen LogP contribution is 2.16. The van der Waals surface area contributed by atoms with Gasteiger partial charge in [0.25, 0.3) is 0 Å². The Morgan fingerprint density at radius 2 is 1.71 bits per heavy atom. The van der Waals surface area contributed by atoms with E-state index in [0.717, 1.165) is 13.0 Å². The van der Waals surface area contributed by atoms with Gasteiger partial charge in [0.05, 0.1) is 0 Å². The van der Waals surface area contributed by atoms with Gasteiger partial charge in [-0.3, -0.25) is 0 Å². The molecule has 0 bridgehead atoms. The van der Waals surface area contributed by atoms with E-state index in [4.69, 9.17) is 5.73 Å². The molecule has 0 saturated heterocycles. The zero-order valence-electron chi connectivity index (χ0n) is 11.6. The van der Waals surface area contributed by atoms with Gasteiger partial charge in [-0.25, -0.2) is 0 Å². The van der Waals surface area contributed by atoms with Gasteiger partial charge < -0.3 is 11.1 Å². The van der Waals surface area contributed by atoms with Crippen molar-refractivity contribution in [3.63, 3.8) is 0 Å². The molecule has 0 fully saturated rings. The number of nitrogens with one attached hydrogen (secondary N) is 1. The molecule has 0 aliphatic rings. The minimum Gasteiger partial charge on any atom is -0.329 e. The number of rotatable bonds is 6. The van der Waals surface area contributed by atoms with Crippen LogP contribution in [0.5, 0.6) is 0 Å². The van der Waals surface area contributed by atoms with Gasteiger partial charge in [0.2, 0.25) is 0 Å². The van der Waals surface area contributed by atoms with Crippen LogP contribution in [0.3, 0.4) is 0 Å². The number of hydrogen-bond acceptors (Lipinski definition) is 2. The maximum atomic E-state index is 5.86. The fraction of sp³-hybridized carbons (Fsp3) is 0.600. The first kappa shape index (κ1) is 14.2. The second kappa shape index (κ2) is 6.18. The summed E-state index contributed by atoms with van der Waals surface area (Å²) in [5.41, 5.74) is 8.58. The van der Waals surface area contributed by atoms with E-state index in [-0.39, 0.29) is 5.54 Å². The van der Waals surface area contributed by atoms with Crippen LogP contribution in [0.4, 0.5) is 0 Å². The molecule has 17 heavy (non-hydrogen) atoms. The molecule has 96 valence electrons. The first-order chi connectivity index (χ1) is 8.01. The first-order valence-corrected chi connectivity index (χ1v) is 6.54. The minimum absolute atomic E-state index is 0.0173. The normalized spacial score (nSPS) is 14.9. The third-order valence-electron chi connectivity index (χ3n) is 3.83. The Morgan fingerprint density at radius 3 is 2.12 bits per heavy atom. The van der Waals surface area contributed by atoms with Crippen molar-refractivity contribution in [3.8, 4) is 0 Å². The van der Waals surface area contributed by atoms with E-state index < -0.39 is 0 Å². The fourth-order valence-corrected chi connectivity index (χ4v) is 1.71. The monoisotopic (exact) mass is 234 g/mol. The molecule has 0 aromatic heterocycles. The number of hydrogen-bond donors (Lipinski definition) is 2. The lowest BCUT2D eigenvalue weighted by molar-refractivity contribution is 0.267. The van der Waals surface area contributed by atoms with E-state index >= 15 is 0 Å². The van der Waals surface area contributed by atoms with Crippen molar-refractivity contribution in [1.82, 2.24) is 5.32 Å². The minimum atomic E-state index is 0.0173. The van der Waals surface area contributed by atoms with Crippen LogP contribution < -0.4 is 11.1 Å². The summed E-state index contributed by atoms with van der Waals surface area (Å²) in [4.78, 5) is 0. The molecular formula is C15H26N2. The summed E-state index contributed by atoms with van der Waals surface area (Å²) in [6, 6.07) is 8.80. The number of aryl methyl sites for hydroxylation is 1. The van der Waals surface area contributed by atoms with Gasteiger partial charge in [0.1, 0.15) is 0 Å². The number of benzene rings is 1. The topological polar surface area (TPSA) is 38.0 Å².